The Balaban J connectivity index is 1.99. The fourth-order valence-corrected chi connectivity index (χ4v) is 2.61. The van der Waals surface area contributed by atoms with E-state index in [0.29, 0.717) is 22.8 Å². The lowest BCUT2D eigenvalue weighted by Gasteiger charge is -2.12. The van der Waals surface area contributed by atoms with Crippen LogP contribution in [0.1, 0.15) is 15.9 Å². The standard InChI is InChI=1S/C22H23NO8/c1-27-17-11-14(12-18(28-2)21(17)29-3)9-10-20(25)31-13-19(24)23-16-8-6-5-7-15(16)22(26)30-4/h5-12H,13H2,1-4H3,(H,23,24). The zero-order valence-corrected chi connectivity index (χ0v) is 17.6. The van der Waals surface area contributed by atoms with Crippen molar-refractivity contribution in [1.29, 1.82) is 0 Å². The van der Waals surface area contributed by atoms with Crippen molar-refractivity contribution in [2.75, 3.05) is 40.4 Å². The number of ether oxygens (including phenoxy) is 5. The molecule has 2 aromatic carbocycles. The Morgan fingerprint density at radius 2 is 1.58 bits per heavy atom. The number of nitrogens with one attached hydrogen (secondary N) is 1. The van der Waals surface area contributed by atoms with Gasteiger partial charge in [-0.3, -0.25) is 4.79 Å². The topological polar surface area (TPSA) is 109 Å². The van der Waals surface area contributed by atoms with E-state index in [2.05, 4.69) is 10.1 Å². The molecule has 2 aromatic rings. The van der Waals surface area contributed by atoms with E-state index in [1.165, 1.54) is 46.6 Å². The van der Waals surface area contributed by atoms with Crippen LogP contribution in [0.2, 0.25) is 0 Å². The molecule has 2 rings (SSSR count). The summed E-state index contributed by atoms with van der Waals surface area (Å²) in [4.78, 5) is 35.8. The SMILES string of the molecule is COC(=O)c1ccccc1NC(=O)COC(=O)C=Cc1cc(OC)c(OC)c(OC)c1. The van der Waals surface area contributed by atoms with Crippen LogP contribution in [0.4, 0.5) is 5.69 Å². The highest BCUT2D eigenvalue weighted by molar-refractivity contribution is 6.02. The van der Waals surface area contributed by atoms with E-state index in [1.54, 1.807) is 24.3 Å². The average molecular weight is 429 g/mol. The molecule has 0 aliphatic heterocycles. The van der Waals surface area contributed by atoms with E-state index in [9.17, 15) is 14.4 Å². The molecule has 0 bridgehead atoms. The molecule has 9 heteroatoms. The maximum absolute atomic E-state index is 12.1. The largest absolute Gasteiger partial charge is 0.493 e. The van der Waals surface area contributed by atoms with Gasteiger partial charge in [-0.1, -0.05) is 12.1 Å². The van der Waals surface area contributed by atoms with Gasteiger partial charge in [0, 0.05) is 6.08 Å². The Morgan fingerprint density at radius 1 is 0.935 bits per heavy atom. The van der Waals surface area contributed by atoms with Crippen LogP contribution in [0, 0.1) is 0 Å². The van der Waals surface area contributed by atoms with Crippen molar-refractivity contribution in [3.05, 3.63) is 53.6 Å². The van der Waals surface area contributed by atoms with Gasteiger partial charge in [-0.2, -0.15) is 0 Å². The molecular weight excluding hydrogens is 406 g/mol. The minimum absolute atomic E-state index is 0.187. The number of hydrogen-bond acceptors (Lipinski definition) is 8. The fourth-order valence-electron chi connectivity index (χ4n) is 2.61. The first kappa shape index (κ1) is 23.3. The van der Waals surface area contributed by atoms with Gasteiger partial charge in [-0.15, -0.1) is 0 Å². The van der Waals surface area contributed by atoms with E-state index < -0.39 is 24.5 Å². The van der Waals surface area contributed by atoms with Crippen molar-refractivity contribution in [3.8, 4) is 17.2 Å². The predicted octanol–water partition coefficient (Wildman–Crippen LogP) is 2.69. The van der Waals surface area contributed by atoms with Crippen LogP contribution in [0.25, 0.3) is 6.08 Å². The van der Waals surface area contributed by atoms with E-state index >= 15 is 0 Å². The van der Waals surface area contributed by atoms with Gasteiger partial charge in [0.1, 0.15) is 0 Å². The number of rotatable bonds is 9. The van der Waals surface area contributed by atoms with Gasteiger partial charge in [0.15, 0.2) is 18.1 Å². The number of benzene rings is 2. The van der Waals surface area contributed by atoms with Crippen molar-refractivity contribution >= 4 is 29.6 Å². The number of esters is 2. The first-order chi connectivity index (χ1) is 14.9. The Morgan fingerprint density at radius 3 is 2.16 bits per heavy atom. The molecule has 0 aromatic heterocycles. The van der Waals surface area contributed by atoms with Gasteiger partial charge < -0.3 is 29.0 Å². The zero-order valence-electron chi connectivity index (χ0n) is 17.6. The zero-order chi connectivity index (χ0) is 22.8. The molecule has 31 heavy (non-hydrogen) atoms. The average Bonchev–Trinajstić information content (AvgIpc) is 2.80. The quantitative estimate of drug-likeness (QED) is 0.479. The summed E-state index contributed by atoms with van der Waals surface area (Å²) in [5.41, 5.74) is 1.04. The van der Waals surface area contributed by atoms with Crippen LogP contribution < -0.4 is 19.5 Å². The minimum Gasteiger partial charge on any atom is -0.493 e. The number of carbonyl (C=O) groups is 3. The Labute approximate surface area is 179 Å². The Bertz CT molecular complexity index is 958. The number of amides is 1. The molecule has 0 unspecified atom stereocenters. The summed E-state index contributed by atoms with van der Waals surface area (Å²) in [6, 6.07) is 9.64. The summed E-state index contributed by atoms with van der Waals surface area (Å²) >= 11 is 0. The Hall–Kier alpha value is -4.01. The number of para-hydroxylation sites is 1. The van der Waals surface area contributed by atoms with Gasteiger partial charge in [0.2, 0.25) is 5.75 Å². The maximum Gasteiger partial charge on any atom is 0.339 e. The highest BCUT2D eigenvalue weighted by atomic mass is 16.5. The van der Waals surface area contributed by atoms with E-state index in [1.807, 2.05) is 0 Å². The first-order valence-electron chi connectivity index (χ1n) is 9.05. The number of hydrogen-bond donors (Lipinski definition) is 1. The van der Waals surface area contributed by atoms with E-state index in [0.717, 1.165) is 6.08 Å². The third-order valence-electron chi connectivity index (χ3n) is 4.05. The normalized spacial score (nSPS) is 10.3. The molecule has 0 radical (unpaired) electrons. The number of carbonyl (C=O) groups excluding carboxylic acids is 3. The molecule has 1 N–H and O–H groups in total. The first-order valence-corrected chi connectivity index (χ1v) is 9.05. The van der Waals surface area contributed by atoms with Crippen LogP contribution in [0.5, 0.6) is 17.2 Å². The van der Waals surface area contributed by atoms with E-state index in [-0.39, 0.29) is 11.3 Å². The third kappa shape index (κ3) is 6.23. The molecule has 0 spiro atoms. The second-order valence-corrected chi connectivity index (χ2v) is 5.99. The van der Waals surface area contributed by atoms with Gasteiger partial charge in [0.05, 0.1) is 39.7 Å². The molecule has 0 fully saturated rings. The molecule has 0 aliphatic rings. The molecule has 164 valence electrons. The molecular formula is C22H23NO8. The van der Waals surface area contributed by atoms with Crippen LogP contribution in [-0.2, 0) is 19.1 Å². The van der Waals surface area contributed by atoms with Crippen molar-refractivity contribution < 1.29 is 38.1 Å². The summed E-state index contributed by atoms with van der Waals surface area (Å²) in [5, 5.41) is 2.51. The molecule has 1 amide bonds. The minimum atomic E-state index is -0.731. The number of methoxy groups -OCH3 is 4. The summed E-state index contributed by atoms with van der Waals surface area (Å²) in [6.07, 6.45) is 2.65. The lowest BCUT2D eigenvalue weighted by molar-refractivity contribution is -0.142. The van der Waals surface area contributed by atoms with Gasteiger partial charge >= 0.3 is 11.9 Å². The smallest absolute Gasteiger partial charge is 0.339 e. The van der Waals surface area contributed by atoms with Crippen LogP contribution in [-0.4, -0.2) is 52.9 Å². The van der Waals surface area contributed by atoms with Crippen LogP contribution >= 0.6 is 0 Å². The number of anilines is 1. The lowest BCUT2D eigenvalue weighted by atomic mass is 10.1. The lowest BCUT2D eigenvalue weighted by Crippen LogP contribution is -2.21. The van der Waals surface area contributed by atoms with Gasteiger partial charge in [-0.05, 0) is 35.9 Å². The van der Waals surface area contributed by atoms with Gasteiger partial charge in [0.25, 0.3) is 5.91 Å². The second kappa shape index (κ2) is 11.2. The summed E-state index contributed by atoms with van der Waals surface area (Å²) in [7, 11) is 5.69. The summed E-state index contributed by atoms with van der Waals surface area (Å²) in [6.45, 7) is -0.534. The van der Waals surface area contributed by atoms with Crippen molar-refractivity contribution in [2.24, 2.45) is 0 Å². The van der Waals surface area contributed by atoms with Crippen molar-refractivity contribution in [2.45, 2.75) is 0 Å². The van der Waals surface area contributed by atoms with Crippen LogP contribution in [0.3, 0.4) is 0 Å². The third-order valence-corrected chi connectivity index (χ3v) is 4.05. The molecule has 0 atom stereocenters. The summed E-state index contributed by atoms with van der Waals surface area (Å²) in [5.74, 6) is -0.650. The van der Waals surface area contributed by atoms with Crippen molar-refractivity contribution in [1.82, 2.24) is 0 Å². The summed E-state index contributed by atoms with van der Waals surface area (Å²) < 4.78 is 25.4. The molecule has 0 saturated carbocycles. The Kier molecular flexibility index (Phi) is 8.44. The molecule has 0 heterocycles. The fraction of sp³-hybridized carbons (Fsp3) is 0.227. The van der Waals surface area contributed by atoms with Gasteiger partial charge in [-0.25, -0.2) is 9.59 Å². The second-order valence-electron chi connectivity index (χ2n) is 5.99. The molecule has 9 nitrogen and oxygen atoms in total. The van der Waals surface area contributed by atoms with Crippen molar-refractivity contribution in [3.63, 3.8) is 0 Å². The maximum atomic E-state index is 12.1. The highest BCUT2D eigenvalue weighted by Gasteiger charge is 2.15. The van der Waals surface area contributed by atoms with E-state index in [4.69, 9.17) is 18.9 Å². The monoisotopic (exact) mass is 429 g/mol. The molecule has 0 aliphatic carbocycles. The molecule has 0 saturated heterocycles. The predicted molar refractivity (Wildman–Crippen MR) is 113 cm³/mol. The highest BCUT2D eigenvalue weighted by Crippen LogP contribution is 2.38. The van der Waals surface area contributed by atoms with Crippen LogP contribution in [0.15, 0.2) is 42.5 Å².